The van der Waals surface area contributed by atoms with E-state index in [1.165, 1.54) is 43.3 Å². The largest absolute Gasteiger partial charge is 0.495 e. The zero-order valence-electron chi connectivity index (χ0n) is 25.2. The summed E-state index contributed by atoms with van der Waals surface area (Å²) in [5.41, 5.74) is 3.70. The SMILES string of the molecule is CNC(=O)[C@@H](Cc1ccccc1)N(Cc1ccccc1C)C(=O)CN(c1ccc(OC)c(Cl)c1)S(=O)(=O)c1ccc(C)cc1. The molecular weight excluding hydrogens is 598 g/mol. The molecule has 0 aliphatic carbocycles. The van der Waals surface area contributed by atoms with Crippen LogP contribution in [0.3, 0.4) is 0 Å². The summed E-state index contributed by atoms with van der Waals surface area (Å²) in [6, 6.07) is 27.0. The van der Waals surface area contributed by atoms with Crippen molar-refractivity contribution in [2.75, 3.05) is 25.0 Å². The Kier molecular flexibility index (Phi) is 10.7. The first-order valence-corrected chi connectivity index (χ1v) is 15.9. The van der Waals surface area contributed by atoms with Crippen LogP contribution in [-0.4, -0.2) is 51.9 Å². The summed E-state index contributed by atoms with van der Waals surface area (Å²) in [6.07, 6.45) is 0.233. The van der Waals surface area contributed by atoms with Crippen molar-refractivity contribution >= 4 is 39.1 Å². The van der Waals surface area contributed by atoms with E-state index in [1.54, 1.807) is 18.2 Å². The van der Waals surface area contributed by atoms with E-state index in [0.29, 0.717) is 5.75 Å². The van der Waals surface area contributed by atoms with Crippen molar-refractivity contribution in [3.63, 3.8) is 0 Å². The second kappa shape index (κ2) is 14.4. The molecule has 2 amide bonds. The highest BCUT2D eigenvalue weighted by Crippen LogP contribution is 2.32. The van der Waals surface area contributed by atoms with Crippen molar-refractivity contribution in [3.05, 3.63) is 124 Å². The predicted octanol–water partition coefficient (Wildman–Crippen LogP) is 5.55. The Morgan fingerprint density at radius 3 is 2.18 bits per heavy atom. The van der Waals surface area contributed by atoms with E-state index in [4.69, 9.17) is 16.3 Å². The lowest BCUT2D eigenvalue weighted by Gasteiger charge is -2.34. The molecule has 0 bridgehead atoms. The molecule has 0 radical (unpaired) electrons. The number of hydrogen-bond donors (Lipinski definition) is 1. The summed E-state index contributed by atoms with van der Waals surface area (Å²) in [5.74, 6) is -0.560. The van der Waals surface area contributed by atoms with Crippen LogP contribution < -0.4 is 14.4 Å². The molecule has 0 aromatic heterocycles. The van der Waals surface area contributed by atoms with Crippen LogP contribution in [0.25, 0.3) is 0 Å². The zero-order valence-corrected chi connectivity index (χ0v) is 26.7. The third-order valence-electron chi connectivity index (χ3n) is 7.43. The number of halogens is 1. The van der Waals surface area contributed by atoms with Crippen molar-refractivity contribution < 1.29 is 22.7 Å². The van der Waals surface area contributed by atoms with E-state index < -0.39 is 28.5 Å². The maximum absolute atomic E-state index is 14.4. The molecule has 0 unspecified atom stereocenters. The van der Waals surface area contributed by atoms with Crippen LogP contribution in [0.15, 0.2) is 102 Å². The van der Waals surface area contributed by atoms with E-state index >= 15 is 0 Å². The zero-order chi connectivity index (χ0) is 31.9. The second-order valence-electron chi connectivity index (χ2n) is 10.4. The molecule has 0 aliphatic rings. The number of amides is 2. The normalized spacial score (nSPS) is 11.8. The average Bonchev–Trinajstić information content (AvgIpc) is 3.02. The highest BCUT2D eigenvalue weighted by molar-refractivity contribution is 7.92. The van der Waals surface area contributed by atoms with Gasteiger partial charge in [0, 0.05) is 20.0 Å². The number of hydrogen-bond acceptors (Lipinski definition) is 5. The smallest absolute Gasteiger partial charge is 0.264 e. The Labute approximate surface area is 264 Å². The number of anilines is 1. The molecule has 8 nitrogen and oxygen atoms in total. The van der Waals surface area contributed by atoms with Gasteiger partial charge in [0.25, 0.3) is 10.0 Å². The number of benzene rings is 4. The van der Waals surface area contributed by atoms with Crippen LogP contribution in [0, 0.1) is 13.8 Å². The topological polar surface area (TPSA) is 96.0 Å². The second-order valence-corrected chi connectivity index (χ2v) is 12.7. The Bertz CT molecular complexity index is 1710. The fourth-order valence-electron chi connectivity index (χ4n) is 4.87. The summed E-state index contributed by atoms with van der Waals surface area (Å²) in [7, 11) is -1.26. The van der Waals surface area contributed by atoms with Crippen molar-refractivity contribution in [3.8, 4) is 5.75 Å². The molecule has 0 spiro atoms. The summed E-state index contributed by atoms with van der Waals surface area (Å²) < 4.78 is 34.6. The van der Waals surface area contributed by atoms with Gasteiger partial charge in [-0.05, 0) is 60.9 Å². The average molecular weight is 634 g/mol. The fraction of sp³-hybridized carbons (Fsp3) is 0.235. The molecule has 0 saturated carbocycles. The number of nitrogens with zero attached hydrogens (tertiary/aromatic N) is 2. The standard InChI is InChI=1S/C34H36ClN3O5S/c1-24-14-17-29(18-15-24)44(41,42)38(28-16-19-32(43-4)30(35)21-28)23-33(39)37(22-27-13-9-8-10-25(27)2)31(34(40)36-3)20-26-11-6-5-7-12-26/h5-19,21,31H,20,22-23H2,1-4H3,(H,36,40)/t31-/m1/s1. The molecule has 4 aromatic carbocycles. The van der Waals surface area contributed by atoms with E-state index in [-0.39, 0.29) is 34.5 Å². The molecule has 4 aromatic rings. The molecule has 0 heterocycles. The highest BCUT2D eigenvalue weighted by atomic mass is 35.5. The highest BCUT2D eigenvalue weighted by Gasteiger charge is 2.34. The molecule has 10 heteroatoms. The van der Waals surface area contributed by atoms with Crippen LogP contribution >= 0.6 is 11.6 Å². The van der Waals surface area contributed by atoms with Crippen molar-refractivity contribution in [1.82, 2.24) is 10.2 Å². The molecule has 230 valence electrons. The van der Waals surface area contributed by atoms with Gasteiger partial charge in [-0.15, -0.1) is 0 Å². The van der Waals surface area contributed by atoms with Gasteiger partial charge in [-0.3, -0.25) is 13.9 Å². The number of aryl methyl sites for hydroxylation is 2. The van der Waals surface area contributed by atoms with Crippen LogP contribution in [0.1, 0.15) is 22.3 Å². The van der Waals surface area contributed by atoms with Gasteiger partial charge in [-0.2, -0.15) is 0 Å². The van der Waals surface area contributed by atoms with E-state index in [9.17, 15) is 18.0 Å². The molecule has 1 N–H and O–H groups in total. The minimum absolute atomic E-state index is 0.0143. The quantitative estimate of drug-likeness (QED) is 0.221. The summed E-state index contributed by atoms with van der Waals surface area (Å²) in [5, 5.41) is 2.88. The minimum Gasteiger partial charge on any atom is -0.495 e. The number of carbonyl (C=O) groups is 2. The number of nitrogens with one attached hydrogen (secondary N) is 1. The van der Waals surface area contributed by atoms with Gasteiger partial charge in [0.05, 0.1) is 22.7 Å². The summed E-state index contributed by atoms with van der Waals surface area (Å²) >= 11 is 6.42. The summed E-state index contributed by atoms with van der Waals surface area (Å²) in [6.45, 7) is 3.30. The van der Waals surface area contributed by atoms with Crippen molar-refractivity contribution in [2.45, 2.75) is 37.8 Å². The Balaban J connectivity index is 1.82. The van der Waals surface area contributed by atoms with Crippen molar-refractivity contribution in [2.24, 2.45) is 0 Å². The lowest BCUT2D eigenvalue weighted by Crippen LogP contribution is -2.53. The van der Waals surface area contributed by atoms with Gasteiger partial charge in [-0.25, -0.2) is 8.42 Å². The van der Waals surface area contributed by atoms with Gasteiger partial charge in [0.1, 0.15) is 18.3 Å². The minimum atomic E-state index is -4.24. The Hall–Kier alpha value is -4.34. The molecule has 0 aliphatic heterocycles. The first-order chi connectivity index (χ1) is 21.0. The fourth-order valence-corrected chi connectivity index (χ4v) is 6.53. The number of likely N-dealkylation sites (N-methyl/N-ethyl adjacent to an activating group) is 1. The van der Waals surface area contributed by atoms with Crippen LogP contribution in [0.4, 0.5) is 5.69 Å². The molecule has 1 atom stereocenters. The molecule has 44 heavy (non-hydrogen) atoms. The van der Waals surface area contributed by atoms with E-state index in [2.05, 4.69) is 5.32 Å². The predicted molar refractivity (Wildman–Crippen MR) is 173 cm³/mol. The number of rotatable bonds is 12. The monoisotopic (exact) mass is 633 g/mol. The van der Waals surface area contributed by atoms with Gasteiger partial charge < -0.3 is 15.0 Å². The number of ether oxygens (including phenoxy) is 1. The number of methoxy groups -OCH3 is 1. The van der Waals surface area contributed by atoms with E-state index in [0.717, 1.165) is 26.6 Å². The first kappa shape index (κ1) is 32.6. The Morgan fingerprint density at radius 1 is 0.909 bits per heavy atom. The van der Waals surface area contributed by atoms with Gasteiger partial charge >= 0.3 is 0 Å². The van der Waals surface area contributed by atoms with Crippen LogP contribution in [-0.2, 0) is 32.6 Å². The first-order valence-electron chi connectivity index (χ1n) is 14.1. The van der Waals surface area contributed by atoms with Gasteiger partial charge in [0.15, 0.2) is 0 Å². The van der Waals surface area contributed by atoms with Crippen LogP contribution in [0.2, 0.25) is 5.02 Å². The molecule has 4 rings (SSSR count). The lowest BCUT2D eigenvalue weighted by molar-refractivity contribution is -0.139. The molecule has 0 saturated heterocycles. The lowest BCUT2D eigenvalue weighted by atomic mass is 10.0. The summed E-state index contributed by atoms with van der Waals surface area (Å²) in [4.78, 5) is 29.3. The maximum atomic E-state index is 14.4. The third kappa shape index (κ3) is 7.59. The van der Waals surface area contributed by atoms with Gasteiger partial charge in [-0.1, -0.05) is 83.9 Å². The van der Waals surface area contributed by atoms with Crippen LogP contribution in [0.5, 0.6) is 5.75 Å². The molecule has 0 fully saturated rings. The van der Waals surface area contributed by atoms with Crippen molar-refractivity contribution in [1.29, 1.82) is 0 Å². The van der Waals surface area contributed by atoms with E-state index in [1.807, 2.05) is 68.4 Å². The van der Waals surface area contributed by atoms with Gasteiger partial charge in [0.2, 0.25) is 11.8 Å². The maximum Gasteiger partial charge on any atom is 0.264 e. The Morgan fingerprint density at radius 2 is 1.57 bits per heavy atom. The molecular formula is C34H36ClN3O5S. The number of carbonyl (C=O) groups excluding carboxylic acids is 2. The number of sulfonamides is 1. The third-order valence-corrected chi connectivity index (χ3v) is 9.51.